The first kappa shape index (κ1) is 20.7. The molecular formula is C19H23F5O2. The first-order valence-electron chi connectivity index (χ1n) is 8.66. The highest BCUT2D eigenvalue weighted by atomic mass is 19.3. The van der Waals surface area contributed by atoms with E-state index >= 15 is 0 Å². The van der Waals surface area contributed by atoms with Gasteiger partial charge in [0.2, 0.25) is 0 Å². The minimum atomic E-state index is -3.13. The van der Waals surface area contributed by atoms with Crippen molar-refractivity contribution in [2.75, 3.05) is 0 Å². The molecule has 26 heavy (non-hydrogen) atoms. The molecule has 0 radical (unpaired) electrons. The Morgan fingerprint density at radius 2 is 1.81 bits per heavy atom. The van der Waals surface area contributed by atoms with E-state index < -0.39 is 30.7 Å². The summed E-state index contributed by atoms with van der Waals surface area (Å²) >= 11 is 0. The lowest BCUT2D eigenvalue weighted by Gasteiger charge is -2.32. The van der Waals surface area contributed by atoms with Gasteiger partial charge in [-0.25, -0.2) is 13.2 Å². The van der Waals surface area contributed by atoms with Gasteiger partial charge in [0.25, 0.3) is 6.43 Å². The molecule has 7 heteroatoms. The van der Waals surface area contributed by atoms with Crippen LogP contribution in [-0.2, 0) is 11.3 Å². The average molecular weight is 378 g/mol. The Kier molecular flexibility index (Phi) is 7.87. The zero-order valence-corrected chi connectivity index (χ0v) is 14.5. The lowest BCUT2D eigenvalue weighted by molar-refractivity contribution is -0.101. The molecule has 2 rings (SSSR count). The summed E-state index contributed by atoms with van der Waals surface area (Å²) in [6.45, 7) is -1.41. The smallest absolute Gasteiger partial charge is 0.387 e. The van der Waals surface area contributed by atoms with E-state index in [0.29, 0.717) is 18.8 Å². The van der Waals surface area contributed by atoms with Crippen molar-refractivity contribution < 1.29 is 31.4 Å². The van der Waals surface area contributed by atoms with Crippen LogP contribution in [0, 0.1) is 17.7 Å². The van der Waals surface area contributed by atoms with E-state index in [1.165, 1.54) is 6.07 Å². The van der Waals surface area contributed by atoms with E-state index in [1.807, 2.05) is 13.0 Å². The van der Waals surface area contributed by atoms with Gasteiger partial charge in [0.1, 0.15) is 6.10 Å². The number of benzene rings is 1. The van der Waals surface area contributed by atoms with Crippen molar-refractivity contribution in [3.05, 3.63) is 41.7 Å². The second kappa shape index (κ2) is 9.90. The van der Waals surface area contributed by atoms with E-state index in [0.717, 1.165) is 25.0 Å². The molecule has 1 aliphatic rings. The maximum Gasteiger partial charge on any atom is 0.387 e. The van der Waals surface area contributed by atoms with Crippen molar-refractivity contribution in [1.82, 2.24) is 0 Å². The Morgan fingerprint density at radius 3 is 2.35 bits per heavy atom. The predicted octanol–water partition coefficient (Wildman–Crippen LogP) is 5.96. The van der Waals surface area contributed by atoms with Crippen LogP contribution in [0.3, 0.4) is 0 Å². The normalized spacial score (nSPS) is 22.3. The quantitative estimate of drug-likeness (QED) is 0.410. The Balaban J connectivity index is 1.93. The Hall–Kier alpha value is -1.63. The number of halogens is 5. The third-order valence-electron chi connectivity index (χ3n) is 4.65. The fourth-order valence-electron chi connectivity index (χ4n) is 3.37. The maximum atomic E-state index is 13.7. The summed E-state index contributed by atoms with van der Waals surface area (Å²) in [6, 6.07) is 3.33. The Morgan fingerprint density at radius 1 is 1.12 bits per heavy atom. The summed E-state index contributed by atoms with van der Waals surface area (Å²) in [5.41, 5.74) is 0.289. The predicted molar refractivity (Wildman–Crippen MR) is 87.9 cm³/mol. The van der Waals surface area contributed by atoms with E-state index in [1.54, 1.807) is 0 Å². The van der Waals surface area contributed by atoms with E-state index in [9.17, 15) is 22.0 Å². The fourth-order valence-corrected chi connectivity index (χ4v) is 3.37. The maximum absolute atomic E-state index is 13.7. The van der Waals surface area contributed by atoms with E-state index in [4.69, 9.17) is 4.74 Å². The molecule has 0 bridgehead atoms. The minimum Gasteiger partial charge on any atom is -0.432 e. The molecule has 0 N–H and O–H groups in total. The molecule has 0 heterocycles. The molecule has 0 spiro atoms. The molecular weight excluding hydrogens is 355 g/mol. The van der Waals surface area contributed by atoms with Crippen molar-refractivity contribution in [1.29, 1.82) is 0 Å². The van der Waals surface area contributed by atoms with E-state index in [2.05, 4.69) is 10.8 Å². The molecule has 1 aromatic rings. The topological polar surface area (TPSA) is 18.5 Å². The highest BCUT2D eigenvalue weighted by molar-refractivity contribution is 5.29. The molecule has 146 valence electrons. The lowest BCUT2D eigenvalue weighted by Crippen LogP contribution is -2.33. The molecule has 0 aliphatic heterocycles. The molecule has 1 atom stereocenters. The molecule has 1 aliphatic carbocycles. The lowest BCUT2D eigenvalue weighted by atomic mass is 9.79. The standard InChI is InChI=1S/C19H23F5O2/c1-2-3-12-4-7-14(8-5-12)17(18(21)22)25-11-13-6-9-16(15(20)10-13)26-19(23)24/h2-3,6,9-10,12,14,17-19H,4-5,7-8,11H2,1H3/b3-2+. The van der Waals surface area contributed by atoms with Gasteiger partial charge in [-0.1, -0.05) is 18.2 Å². The van der Waals surface area contributed by atoms with Gasteiger partial charge in [0.15, 0.2) is 11.6 Å². The van der Waals surface area contributed by atoms with Crippen molar-refractivity contribution >= 4 is 0 Å². The van der Waals surface area contributed by atoms with Crippen molar-refractivity contribution in [2.45, 2.75) is 58.4 Å². The molecule has 1 saturated carbocycles. The molecule has 1 unspecified atom stereocenters. The molecule has 1 aromatic carbocycles. The SMILES string of the molecule is C/C=C/C1CCC(C(OCc2ccc(OC(F)F)c(F)c2)C(F)F)CC1. The second-order valence-corrected chi connectivity index (χ2v) is 6.45. The summed E-state index contributed by atoms with van der Waals surface area (Å²) < 4.78 is 74.1. The Labute approximate surface area is 150 Å². The van der Waals surface area contributed by atoms with Crippen LogP contribution in [0.1, 0.15) is 38.2 Å². The van der Waals surface area contributed by atoms with Gasteiger partial charge in [-0.3, -0.25) is 0 Å². The van der Waals surface area contributed by atoms with Crippen LogP contribution >= 0.6 is 0 Å². The van der Waals surface area contributed by atoms with Gasteiger partial charge in [-0.05, 0) is 62.1 Å². The summed E-state index contributed by atoms with van der Waals surface area (Å²) in [5.74, 6) is -1.39. The number of hydrogen-bond donors (Lipinski definition) is 0. The van der Waals surface area contributed by atoms with Crippen molar-refractivity contribution in [3.63, 3.8) is 0 Å². The van der Waals surface area contributed by atoms with Crippen LogP contribution in [-0.4, -0.2) is 19.1 Å². The minimum absolute atomic E-state index is 0.213. The number of rotatable bonds is 8. The number of allylic oxidation sites excluding steroid dienone is 2. The van der Waals surface area contributed by atoms with Crippen LogP contribution in [0.2, 0.25) is 0 Å². The van der Waals surface area contributed by atoms with Gasteiger partial charge in [0.05, 0.1) is 6.61 Å². The van der Waals surface area contributed by atoms with E-state index in [-0.39, 0.29) is 18.1 Å². The number of alkyl halides is 4. The molecule has 2 nitrogen and oxygen atoms in total. The molecule has 0 amide bonds. The zero-order chi connectivity index (χ0) is 19.1. The first-order chi connectivity index (χ1) is 12.4. The third-order valence-corrected chi connectivity index (χ3v) is 4.65. The summed E-state index contributed by atoms with van der Waals surface area (Å²) in [7, 11) is 0. The fraction of sp³-hybridized carbons (Fsp3) is 0.579. The highest BCUT2D eigenvalue weighted by Gasteiger charge is 2.33. The van der Waals surface area contributed by atoms with Gasteiger partial charge < -0.3 is 9.47 Å². The molecule has 1 fully saturated rings. The summed E-state index contributed by atoms with van der Waals surface area (Å²) in [5, 5.41) is 0. The van der Waals surface area contributed by atoms with Crippen LogP contribution in [0.25, 0.3) is 0 Å². The molecule has 0 saturated heterocycles. The Bertz CT molecular complexity index is 583. The summed E-state index contributed by atoms with van der Waals surface area (Å²) in [4.78, 5) is 0. The third kappa shape index (κ3) is 5.97. The van der Waals surface area contributed by atoms with Crippen LogP contribution in [0.15, 0.2) is 30.4 Å². The second-order valence-electron chi connectivity index (χ2n) is 6.45. The first-order valence-corrected chi connectivity index (χ1v) is 8.66. The largest absolute Gasteiger partial charge is 0.432 e. The van der Waals surface area contributed by atoms with Gasteiger partial charge in [-0.2, -0.15) is 8.78 Å². The van der Waals surface area contributed by atoms with Gasteiger partial charge in [-0.15, -0.1) is 0 Å². The monoisotopic (exact) mass is 378 g/mol. The van der Waals surface area contributed by atoms with Crippen LogP contribution in [0.5, 0.6) is 5.75 Å². The van der Waals surface area contributed by atoms with Gasteiger partial charge in [0, 0.05) is 0 Å². The zero-order valence-electron chi connectivity index (χ0n) is 14.5. The van der Waals surface area contributed by atoms with Crippen molar-refractivity contribution in [3.8, 4) is 5.75 Å². The highest BCUT2D eigenvalue weighted by Crippen LogP contribution is 2.35. The average Bonchev–Trinajstić information content (AvgIpc) is 2.58. The van der Waals surface area contributed by atoms with Crippen LogP contribution < -0.4 is 4.74 Å². The number of ether oxygens (including phenoxy) is 2. The molecule has 0 aromatic heterocycles. The van der Waals surface area contributed by atoms with Gasteiger partial charge >= 0.3 is 6.61 Å². The summed E-state index contributed by atoms with van der Waals surface area (Å²) in [6.07, 6.45) is 3.21. The van der Waals surface area contributed by atoms with Crippen LogP contribution in [0.4, 0.5) is 22.0 Å². The number of hydrogen-bond acceptors (Lipinski definition) is 2. The van der Waals surface area contributed by atoms with Crippen molar-refractivity contribution in [2.24, 2.45) is 11.8 Å².